The lowest BCUT2D eigenvalue weighted by Gasteiger charge is -2.41. The van der Waals surface area contributed by atoms with Gasteiger partial charge in [-0.3, -0.25) is 4.90 Å². The molecule has 1 fully saturated rings. The normalized spacial score (nSPS) is 19.2. The number of ether oxygens (including phenoxy) is 1. The van der Waals surface area contributed by atoms with E-state index in [0.29, 0.717) is 52.2 Å². The molecule has 0 bridgehead atoms. The summed E-state index contributed by atoms with van der Waals surface area (Å²) in [4.78, 5) is 8.25. The summed E-state index contributed by atoms with van der Waals surface area (Å²) in [5.41, 5.74) is 1.23. The molecule has 33 heavy (non-hydrogen) atoms. The number of fused-ring (bicyclic) bond motifs is 2. The van der Waals surface area contributed by atoms with Gasteiger partial charge in [0.25, 0.3) is 0 Å². The zero-order valence-corrected chi connectivity index (χ0v) is 20.7. The van der Waals surface area contributed by atoms with Crippen molar-refractivity contribution in [2.24, 2.45) is 4.99 Å². The molecule has 0 amide bonds. The molecule has 1 saturated heterocycles. The first-order valence-corrected chi connectivity index (χ1v) is 10.8. The lowest BCUT2D eigenvalue weighted by atomic mass is 10.0. The molecular weight excluding hydrogens is 503 g/mol. The number of aliphatic imine (C=N–C) groups is 1. The minimum absolute atomic E-state index is 0. The van der Waals surface area contributed by atoms with Crippen LogP contribution in [-0.2, 0) is 10.9 Å². The second-order valence-corrected chi connectivity index (χ2v) is 8.99. The highest BCUT2D eigenvalue weighted by atomic mass is 35.5. The minimum atomic E-state index is -4.47. The number of rotatable bonds is 3. The first-order chi connectivity index (χ1) is 14.7. The number of nitrogens with one attached hydrogen (secondary N) is 1. The molecule has 2 aromatic rings. The third kappa shape index (κ3) is 5.92. The molecule has 3 heterocycles. The fourth-order valence-corrected chi connectivity index (χ4v) is 4.84. The zero-order valence-electron chi connectivity index (χ0n) is 18.3. The Morgan fingerprint density at radius 1 is 1.24 bits per heavy atom. The van der Waals surface area contributed by atoms with Crippen molar-refractivity contribution < 1.29 is 22.3 Å². The number of alkyl halides is 3. The van der Waals surface area contributed by atoms with E-state index in [2.05, 4.69) is 10.2 Å². The Bertz CT molecular complexity index is 1000. The summed E-state index contributed by atoms with van der Waals surface area (Å²) < 4.78 is 59.6. The third-order valence-electron chi connectivity index (χ3n) is 5.77. The van der Waals surface area contributed by atoms with Gasteiger partial charge in [0, 0.05) is 32.8 Å². The molecule has 1 aromatic heterocycles. The fraction of sp³-hybridized carbons (Fsp3) is 0.476. The average Bonchev–Trinajstić information content (AvgIpc) is 3.07. The standard InChI is InChI=1S/C21H24F4N4OS.2ClH/c1-12(30-3)8-14-11-29(7-6-28(14)2)19-15-10-18(21(23,24)25)31-20(15)27-17-9-13(22)4-5-16(17)26-19;;/h4-5,9-10,12,14,27H,6-8,11H2,1-3H3;2*1H. The summed E-state index contributed by atoms with van der Waals surface area (Å²) in [6, 6.07) is 5.40. The number of benzene rings is 1. The van der Waals surface area contributed by atoms with Crippen LogP contribution in [0.1, 0.15) is 23.8 Å². The van der Waals surface area contributed by atoms with E-state index in [4.69, 9.17) is 9.73 Å². The molecule has 5 nitrogen and oxygen atoms in total. The SMILES string of the molecule is COC(C)CC1CN(C2=Nc3ccc(F)cc3Nc3sc(C(F)(F)F)cc32)CCN1C.Cl.Cl. The Kier molecular flexibility index (Phi) is 9.03. The number of amidine groups is 1. The minimum Gasteiger partial charge on any atom is -0.382 e. The Morgan fingerprint density at radius 2 is 1.97 bits per heavy atom. The van der Waals surface area contributed by atoms with E-state index in [9.17, 15) is 17.6 Å². The van der Waals surface area contributed by atoms with Crippen LogP contribution in [0.5, 0.6) is 0 Å². The summed E-state index contributed by atoms with van der Waals surface area (Å²) in [5.74, 6) is -0.00459. The maximum atomic E-state index is 13.8. The number of hydrogen-bond donors (Lipinski definition) is 1. The molecule has 184 valence electrons. The number of anilines is 2. The van der Waals surface area contributed by atoms with Gasteiger partial charge < -0.3 is 15.0 Å². The summed E-state index contributed by atoms with van der Waals surface area (Å²) >= 11 is 0.612. The van der Waals surface area contributed by atoms with Gasteiger partial charge in [0.2, 0.25) is 0 Å². The van der Waals surface area contributed by atoms with Crippen molar-refractivity contribution in [3.8, 4) is 0 Å². The van der Waals surface area contributed by atoms with Gasteiger partial charge >= 0.3 is 6.18 Å². The van der Waals surface area contributed by atoms with E-state index in [-0.39, 0.29) is 37.0 Å². The van der Waals surface area contributed by atoms with Gasteiger partial charge in [0.1, 0.15) is 21.5 Å². The highest BCUT2D eigenvalue weighted by Gasteiger charge is 2.37. The number of hydrogen-bond acceptors (Lipinski definition) is 6. The third-order valence-corrected chi connectivity index (χ3v) is 6.86. The monoisotopic (exact) mass is 528 g/mol. The summed E-state index contributed by atoms with van der Waals surface area (Å²) in [6.07, 6.45) is -3.61. The first kappa shape index (κ1) is 27.7. The summed E-state index contributed by atoms with van der Waals surface area (Å²) in [6.45, 7) is 3.98. The van der Waals surface area contributed by atoms with Gasteiger partial charge in [-0.25, -0.2) is 9.38 Å². The van der Waals surface area contributed by atoms with E-state index in [0.717, 1.165) is 19.0 Å². The second-order valence-electron chi connectivity index (χ2n) is 7.94. The number of likely N-dealkylation sites (N-methyl/N-ethyl adjacent to an activating group) is 1. The Labute approximate surface area is 206 Å². The number of halogens is 6. The number of nitrogens with zero attached hydrogens (tertiary/aromatic N) is 3. The van der Waals surface area contributed by atoms with Crippen LogP contribution in [0, 0.1) is 5.82 Å². The predicted octanol–water partition coefficient (Wildman–Crippen LogP) is 5.93. The average molecular weight is 529 g/mol. The first-order valence-electron chi connectivity index (χ1n) is 10.0. The van der Waals surface area contributed by atoms with Crippen molar-refractivity contribution in [1.29, 1.82) is 0 Å². The van der Waals surface area contributed by atoms with E-state index >= 15 is 0 Å². The van der Waals surface area contributed by atoms with Crippen molar-refractivity contribution >= 4 is 58.4 Å². The van der Waals surface area contributed by atoms with Crippen LogP contribution in [0.15, 0.2) is 29.3 Å². The van der Waals surface area contributed by atoms with E-state index in [1.54, 1.807) is 13.2 Å². The van der Waals surface area contributed by atoms with Gasteiger partial charge in [-0.1, -0.05) is 0 Å². The highest BCUT2D eigenvalue weighted by Crippen LogP contribution is 2.44. The molecule has 12 heteroatoms. The second kappa shape index (κ2) is 10.8. The van der Waals surface area contributed by atoms with Gasteiger partial charge in [-0.2, -0.15) is 13.2 Å². The van der Waals surface area contributed by atoms with E-state index in [1.165, 1.54) is 12.1 Å². The molecule has 4 rings (SSSR count). The van der Waals surface area contributed by atoms with Gasteiger partial charge in [0.05, 0.1) is 23.0 Å². The van der Waals surface area contributed by atoms with Crippen LogP contribution in [0.25, 0.3) is 0 Å². The van der Waals surface area contributed by atoms with Crippen LogP contribution in [-0.4, -0.2) is 61.6 Å². The van der Waals surface area contributed by atoms with Gasteiger partial charge in [-0.05, 0) is 44.7 Å². The molecule has 0 radical (unpaired) electrons. The zero-order chi connectivity index (χ0) is 22.3. The summed E-state index contributed by atoms with van der Waals surface area (Å²) in [7, 11) is 3.70. The summed E-state index contributed by atoms with van der Waals surface area (Å²) in [5, 5.41) is 3.29. The highest BCUT2D eigenvalue weighted by molar-refractivity contribution is 7.16. The van der Waals surface area contributed by atoms with E-state index < -0.39 is 16.9 Å². The smallest absolute Gasteiger partial charge is 0.382 e. The maximum absolute atomic E-state index is 13.8. The molecular formula is C21H26Cl2F4N4OS. The Balaban J connectivity index is 0.00000193. The van der Waals surface area contributed by atoms with Crippen molar-refractivity contribution in [2.75, 3.05) is 39.1 Å². The molecule has 0 saturated carbocycles. The van der Waals surface area contributed by atoms with Crippen LogP contribution in [0.4, 0.5) is 33.9 Å². The van der Waals surface area contributed by atoms with Crippen LogP contribution in [0.3, 0.4) is 0 Å². The molecule has 2 aliphatic rings. The molecule has 1 N–H and O–H groups in total. The Morgan fingerprint density at radius 3 is 2.64 bits per heavy atom. The molecule has 2 atom stereocenters. The van der Waals surface area contributed by atoms with Crippen molar-refractivity contribution in [3.05, 3.63) is 40.5 Å². The molecule has 1 aromatic carbocycles. The van der Waals surface area contributed by atoms with Crippen LogP contribution < -0.4 is 5.32 Å². The topological polar surface area (TPSA) is 40.1 Å². The van der Waals surface area contributed by atoms with Crippen LogP contribution >= 0.6 is 36.2 Å². The molecule has 0 spiro atoms. The lowest BCUT2D eigenvalue weighted by molar-refractivity contribution is -0.134. The predicted molar refractivity (Wildman–Crippen MR) is 129 cm³/mol. The molecule has 0 aliphatic carbocycles. The number of piperazine rings is 1. The van der Waals surface area contributed by atoms with Crippen molar-refractivity contribution in [1.82, 2.24) is 9.80 Å². The number of thiophene rings is 1. The van der Waals surface area contributed by atoms with Crippen molar-refractivity contribution in [3.63, 3.8) is 0 Å². The fourth-order valence-electron chi connectivity index (χ4n) is 3.91. The Hall–Kier alpha value is -1.59. The van der Waals surface area contributed by atoms with Crippen molar-refractivity contribution in [2.45, 2.75) is 31.7 Å². The van der Waals surface area contributed by atoms with Crippen LogP contribution in [0.2, 0.25) is 0 Å². The molecule has 2 unspecified atom stereocenters. The van der Waals surface area contributed by atoms with Gasteiger partial charge in [0.15, 0.2) is 0 Å². The largest absolute Gasteiger partial charge is 0.425 e. The number of methoxy groups -OCH3 is 1. The van der Waals surface area contributed by atoms with E-state index in [1.807, 2.05) is 18.9 Å². The van der Waals surface area contributed by atoms with Gasteiger partial charge in [-0.15, -0.1) is 36.2 Å². The lowest BCUT2D eigenvalue weighted by Crippen LogP contribution is -2.54. The molecule has 2 aliphatic heterocycles. The quantitative estimate of drug-likeness (QED) is 0.501. The maximum Gasteiger partial charge on any atom is 0.425 e.